The number of rotatable bonds is 5. The third-order valence-corrected chi connectivity index (χ3v) is 4.41. The lowest BCUT2D eigenvalue weighted by atomic mass is 10.0. The number of hydrogen-bond acceptors (Lipinski definition) is 7. The van der Waals surface area contributed by atoms with Crippen molar-refractivity contribution in [2.45, 2.75) is 30.8 Å². The van der Waals surface area contributed by atoms with Crippen LogP contribution in [0.2, 0.25) is 0 Å². The fourth-order valence-electron chi connectivity index (χ4n) is 2.97. The van der Waals surface area contributed by atoms with Crippen LogP contribution in [0, 0.1) is 0 Å². The summed E-state index contributed by atoms with van der Waals surface area (Å²) >= 11 is 0. The van der Waals surface area contributed by atoms with E-state index in [9.17, 15) is 19.8 Å². The van der Waals surface area contributed by atoms with Gasteiger partial charge in [-0.3, -0.25) is 9.59 Å². The van der Waals surface area contributed by atoms with Gasteiger partial charge < -0.3 is 34.3 Å². The van der Waals surface area contributed by atoms with Gasteiger partial charge in [0.25, 0.3) is 5.91 Å². The fourth-order valence-corrected chi connectivity index (χ4v) is 2.97. The average molecular weight is 354 g/mol. The lowest BCUT2D eigenvalue weighted by Crippen LogP contribution is -2.43. The SMILES string of the molecule is O=C(NCC1OC(CC(=O)N2CCOCC2)C(O)C1O)c1ccco1. The molecular formula is C16H22N2O7. The molecule has 0 bridgehead atoms. The second-order valence-electron chi connectivity index (χ2n) is 6.08. The number of nitrogens with one attached hydrogen (secondary N) is 1. The van der Waals surface area contributed by atoms with E-state index in [-0.39, 0.29) is 24.6 Å². The van der Waals surface area contributed by atoms with E-state index in [1.165, 1.54) is 12.3 Å². The number of carbonyl (C=O) groups excluding carboxylic acids is 2. The van der Waals surface area contributed by atoms with Crippen molar-refractivity contribution in [1.82, 2.24) is 10.2 Å². The Morgan fingerprint density at radius 1 is 1.20 bits per heavy atom. The number of hydrogen-bond donors (Lipinski definition) is 3. The van der Waals surface area contributed by atoms with E-state index in [0.717, 1.165) is 0 Å². The van der Waals surface area contributed by atoms with Gasteiger partial charge in [0.15, 0.2) is 5.76 Å². The summed E-state index contributed by atoms with van der Waals surface area (Å²) in [6, 6.07) is 3.10. The number of carbonyl (C=O) groups is 2. The van der Waals surface area contributed by atoms with Gasteiger partial charge in [0, 0.05) is 19.6 Å². The van der Waals surface area contributed by atoms with Crippen molar-refractivity contribution in [3.63, 3.8) is 0 Å². The Labute approximate surface area is 144 Å². The van der Waals surface area contributed by atoms with Crippen LogP contribution in [0.1, 0.15) is 17.0 Å². The van der Waals surface area contributed by atoms with Crippen LogP contribution < -0.4 is 5.32 Å². The van der Waals surface area contributed by atoms with Gasteiger partial charge in [-0.25, -0.2) is 0 Å². The highest BCUT2D eigenvalue weighted by Crippen LogP contribution is 2.24. The first kappa shape index (κ1) is 17.9. The van der Waals surface area contributed by atoms with Crippen molar-refractivity contribution in [2.24, 2.45) is 0 Å². The Hall–Kier alpha value is -1.94. The normalized spacial score (nSPS) is 29.6. The molecule has 0 aromatic carbocycles. The summed E-state index contributed by atoms with van der Waals surface area (Å²) in [7, 11) is 0. The van der Waals surface area contributed by atoms with Crippen LogP contribution in [0.15, 0.2) is 22.8 Å². The van der Waals surface area contributed by atoms with E-state index in [0.29, 0.717) is 26.3 Å². The molecule has 9 heteroatoms. The third-order valence-electron chi connectivity index (χ3n) is 4.41. The largest absolute Gasteiger partial charge is 0.459 e. The van der Waals surface area contributed by atoms with Gasteiger partial charge in [-0.05, 0) is 12.1 Å². The molecule has 2 amide bonds. The molecule has 0 aliphatic carbocycles. The molecule has 4 atom stereocenters. The third kappa shape index (κ3) is 4.18. The molecule has 1 aromatic rings. The first-order valence-corrected chi connectivity index (χ1v) is 8.25. The topological polar surface area (TPSA) is 121 Å². The van der Waals surface area contributed by atoms with Crippen LogP contribution in [0.5, 0.6) is 0 Å². The van der Waals surface area contributed by atoms with Crippen molar-refractivity contribution < 1.29 is 33.7 Å². The summed E-state index contributed by atoms with van der Waals surface area (Å²) in [5.74, 6) is -0.449. The number of aliphatic hydroxyl groups excluding tert-OH is 2. The van der Waals surface area contributed by atoms with Crippen LogP contribution in [0.4, 0.5) is 0 Å². The van der Waals surface area contributed by atoms with E-state index < -0.39 is 30.3 Å². The van der Waals surface area contributed by atoms with E-state index in [2.05, 4.69) is 5.32 Å². The molecule has 1 aromatic heterocycles. The van der Waals surface area contributed by atoms with Gasteiger partial charge in [-0.2, -0.15) is 0 Å². The van der Waals surface area contributed by atoms with Crippen LogP contribution in [0.25, 0.3) is 0 Å². The molecule has 9 nitrogen and oxygen atoms in total. The molecule has 0 radical (unpaired) electrons. The standard InChI is InChI=1S/C16H22N2O7/c19-13(18-3-6-23-7-4-18)8-11-14(20)15(21)12(25-11)9-17-16(22)10-2-1-5-24-10/h1-2,5,11-12,14-15,20-21H,3-4,6-9H2,(H,17,22). The highest BCUT2D eigenvalue weighted by Gasteiger charge is 2.43. The maximum atomic E-state index is 12.2. The second-order valence-corrected chi connectivity index (χ2v) is 6.08. The molecule has 3 N–H and O–H groups in total. The van der Waals surface area contributed by atoms with E-state index in [4.69, 9.17) is 13.9 Å². The predicted molar refractivity (Wildman–Crippen MR) is 83.7 cm³/mol. The zero-order valence-corrected chi connectivity index (χ0v) is 13.7. The van der Waals surface area contributed by atoms with Crippen molar-refractivity contribution >= 4 is 11.8 Å². The Balaban J connectivity index is 1.50. The summed E-state index contributed by atoms with van der Waals surface area (Å²) in [6.45, 7) is 1.99. The highest BCUT2D eigenvalue weighted by atomic mass is 16.5. The maximum Gasteiger partial charge on any atom is 0.287 e. The molecule has 2 fully saturated rings. The van der Waals surface area contributed by atoms with Gasteiger partial charge in [0.05, 0.1) is 32.0 Å². The first-order valence-electron chi connectivity index (χ1n) is 8.25. The number of furan rings is 1. The minimum Gasteiger partial charge on any atom is -0.459 e. The molecule has 25 heavy (non-hydrogen) atoms. The van der Waals surface area contributed by atoms with Crippen LogP contribution in [0.3, 0.4) is 0 Å². The molecule has 2 aliphatic rings. The molecule has 0 saturated carbocycles. The number of amides is 2. The lowest BCUT2D eigenvalue weighted by molar-refractivity contribution is -0.139. The van der Waals surface area contributed by atoms with Gasteiger partial charge in [0.2, 0.25) is 5.91 Å². The highest BCUT2D eigenvalue weighted by molar-refractivity contribution is 5.91. The maximum absolute atomic E-state index is 12.2. The molecule has 3 heterocycles. The van der Waals surface area contributed by atoms with Gasteiger partial charge >= 0.3 is 0 Å². The number of ether oxygens (including phenoxy) is 2. The molecule has 2 aliphatic heterocycles. The summed E-state index contributed by atoms with van der Waals surface area (Å²) < 4.78 is 15.8. The van der Waals surface area contributed by atoms with E-state index in [1.807, 2.05) is 0 Å². The van der Waals surface area contributed by atoms with Crippen molar-refractivity contribution in [1.29, 1.82) is 0 Å². The Morgan fingerprint density at radius 2 is 1.92 bits per heavy atom. The number of aliphatic hydroxyl groups is 2. The molecular weight excluding hydrogens is 332 g/mol. The lowest BCUT2D eigenvalue weighted by Gasteiger charge is -2.28. The molecule has 2 saturated heterocycles. The molecule has 0 spiro atoms. The molecule has 138 valence electrons. The summed E-state index contributed by atoms with van der Waals surface area (Å²) in [6.07, 6.45) is -2.62. The fraction of sp³-hybridized carbons (Fsp3) is 0.625. The van der Waals surface area contributed by atoms with Crippen LogP contribution in [-0.4, -0.2) is 84.2 Å². The van der Waals surface area contributed by atoms with Crippen molar-refractivity contribution in [3.05, 3.63) is 24.2 Å². The second kappa shape index (κ2) is 7.96. The monoisotopic (exact) mass is 354 g/mol. The number of nitrogens with zero attached hydrogens (tertiary/aromatic N) is 1. The summed E-state index contributed by atoms with van der Waals surface area (Å²) in [5.41, 5.74) is 0. The Kier molecular flexibility index (Phi) is 5.69. The molecule has 3 rings (SSSR count). The van der Waals surface area contributed by atoms with E-state index in [1.54, 1.807) is 11.0 Å². The molecule has 4 unspecified atom stereocenters. The van der Waals surface area contributed by atoms with Gasteiger partial charge in [0.1, 0.15) is 18.3 Å². The zero-order valence-electron chi connectivity index (χ0n) is 13.7. The van der Waals surface area contributed by atoms with Crippen molar-refractivity contribution in [3.8, 4) is 0 Å². The van der Waals surface area contributed by atoms with Crippen LogP contribution in [-0.2, 0) is 14.3 Å². The zero-order chi connectivity index (χ0) is 17.8. The predicted octanol–water partition coefficient (Wildman–Crippen LogP) is -1.25. The quantitative estimate of drug-likeness (QED) is 0.604. The minimum atomic E-state index is -1.18. The van der Waals surface area contributed by atoms with Gasteiger partial charge in [-0.1, -0.05) is 0 Å². The summed E-state index contributed by atoms with van der Waals surface area (Å²) in [4.78, 5) is 25.7. The smallest absolute Gasteiger partial charge is 0.287 e. The average Bonchev–Trinajstić information content (AvgIpc) is 3.25. The Bertz CT molecular complexity index is 585. The first-order chi connectivity index (χ1) is 12.1. The minimum absolute atomic E-state index is 0.00000472. The van der Waals surface area contributed by atoms with Crippen LogP contribution >= 0.6 is 0 Å². The number of morpholine rings is 1. The van der Waals surface area contributed by atoms with Crippen molar-refractivity contribution in [2.75, 3.05) is 32.8 Å². The van der Waals surface area contributed by atoms with E-state index >= 15 is 0 Å². The van der Waals surface area contributed by atoms with Gasteiger partial charge in [-0.15, -0.1) is 0 Å². The summed E-state index contributed by atoms with van der Waals surface area (Å²) in [5, 5.41) is 22.8. The Morgan fingerprint density at radius 3 is 2.60 bits per heavy atom.